The van der Waals surface area contributed by atoms with Gasteiger partial charge in [-0.15, -0.1) is 0 Å². The van der Waals surface area contributed by atoms with Gasteiger partial charge in [-0.05, 0) is 36.6 Å². The molecule has 0 atom stereocenters. The summed E-state index contributed by atoms with van der Waals surface area (Å²) in [6, 6.07) is 11.0. The van der Waals surface area contributed by atoms with Crippen molar-refractivity contribution in [3.8, 4) is 11.4 Å². The van der Waals surface area contributed by atoms with E-state index in [1.54, 1.807) is 6.07 Å². The lowest BCUT2D eigenvalue weighted by molar-refractivity contribution is 0.629. The van der Waals surface area contributed by atoms with Crippen LogP contribution in [0.25, 0.3) is 22.4 Å². The highest BCUT2D eigenvalue weighted by atomic mass is 19.1. The molecule has 1 N–H and O–H groups in total. The summed E-state index contributed by atoms with van der Waals surface area (Å²) in [6.45, 7) is 1.02. The predicted molar refractivity (Wildman–Crippen MR) is 82.9 cm³/mol. The lowest BCUT2D eigenvalue weighted by Crippen LogP contribution is -2.13. The Hall–Kier alpha value is -2.36. The van der Waals surface area contributed by atoms with Gasteiger partial charge in [-0.25, -0.2) is 9.37 Å². The summed E-state index contributed by atoms with van der Waals surface area (Å²) in [7, 11) is 1.98. The third-order valence-electron chi connectivity index (χ3n) is 4.18. The highest BCUT2D eigenvalue weighted by Crippen LogP contribution is 2.33. The number of nitrogens with one attached hydrogen (secondary N) is 1. The summed E-state index contributed by atoms with van der Waals surface area (Å²) in [4.78, 5) is 4.65. The number of rotatable bonds is 1. The third kappa shape index (κ3) is 1.90. The van der Waals surface area contributed by atoms with E-state index in [1.165, 1.54) is 23.4 Å². The summed E-state index contributed by atoms with van der Waals surface area (Å²) in [5.41, 5.74) is 5.29. The van der Waals surface area contributed by atoms with Crippen LogP contribution in [0.1, 0.15) is 12.0 Å². The fourth-order valence-electron chi connectivity index (χ4n) is 3.13. The SMILES string of the molecule is Cn1c(-c2cccc3c2CCCN3)nc2cc(F)ccc21. The molecule has 4 heteroatoms. The largest absolute Gasteiger partial charge is 0.385 e. The van der Waals surface area contributed by atoms with E-state index in [2.05, 4.69) is 22.4 Å². The summed E-state index contributed by atoms with van der Waals surface area (Å²) in [6.07, 6.45) is 2.18. The van der Waals surface area contributed by atoms with Crippen molar-refractivity contribution in [1.29, 1.82) is 0 Å². The molecule has 0 unspecified atom stereocenters. The van der Waals surface area contributed by atoms with Gasteiger partial charge < -0.3 is 9.88 Å². The van der Waals surface area contributed by atoms with Crippen molar-refractivity contribution in [2.24, 2.45) is 7.05 Å². The summed E-state index contributed by atoms with van der Waals surface area (Å²) in [5.74, 6) is 0.653. The molecule has 1 aromatic heterocycles. The maximum Gasteiger partial charge on any atom is 0.141 e. The van der Waals surface area contributed by atoms with Gasteiger partial charge in [0, 0.05) is 30.9 Å². The molecule has 0 saturated heterocycles. The van der Waals surface area contributed by atoms with Crippen molar-refractivity contribution in [3.05, 3.63) is 47.8 Å². The number of halogens is 1. The molecule has 1 aliphatic rings. The Labute approximate surface area is 122 Å². The Morgan fingerprint density at radius 2 is 2.14 bits per heavy atom. The number of benzene rings is 2. The molecular formula is C17H16FN3. The maximum absolute atomic E-state index is 13.4. The number of aromatic nitrogens is 2. The second-order valence-electron chi connectivity index (χ2n) is 5.49. The molecule has 2 aromatic carbocycles. The number of hydrogen-bond donors (Lipinski definition) is 1. The van der Waals surface area contributed by atoms with Crippen molar-refractivity contribution < 1.29 is 4.39 Å². The number of nitrogens with zero attached hydrogens (tertiary/aromatic N) is 2. The van der Waals surface area contributed by atoms with Crippen LogP contribution in [0, 0.1) is 5.82 Å². The van der Waals surface area contributed by atoms with Gasteiger partial charge in [0.05, 0.1) is 11.0 Å². The molecule has 0 spiro atoms. The number of hydrogen-bond acceptors (Lipinski definition) is 2. The van der Waals surface area contributed by atoms with Gasteiger partial charge in [-0.2, -0.15) is 0 Å². The van der Waals surface area contributed by atoms with E-state index in [0.29, 0.717) is 5.52 Å². The second kappa shape index (κ2) is 4.58. The van der Waals surface area contributed by atoms with Crippen molar-refractivity contribution in [1.82, 2.24) is 9.55 Å². The Kier molecular flexibility index (Phi) is 2.70. The van der Waals surface area contributed by atoms with E-state index in [9.17, 15) is 4.39 Å². The van der Waals surface area contributed by atoms with Crippen LogP contribution in [0.4, 0.5) is 10.1 Å². The summed E-state index contributed by atoms with van der Waals surface area (Å²) >= 11 is 0. The fourth-order valence-corrected chi connectivity index (χ4v) is 3.13. The van der Waals surface area contributed by atoms with Crippen LogP contribution in [0.3, 0.4) is 0 Å². The minimum Gasteiger partial charge on any atom is -0.385 e. The normalized spacial score (nSPS) is 14.0. The van der Waals surface area contributed by atoms with Gasteiger partial charge in [-0.1, -0.05) is 12.1 Å². The van der Waals surface area contributed by atoms with Gasteiger partial charge in [0.25, 0.3) is 0 Å². The van der Waals surface area contributed by atoms with Gasteiger partial charge in [0.2, 0.25) is 0 Å². The van der Waals surface area contributed by atoms with Crippen LogP contribution < -0.4 is 5.32 Å². The molecule has 2 heterocycles. The fraction of sp³-hybridized carbons (Fsp3) is 0.235. The van der Waals surface area contributed by atoms with E-state index < -0.39 is 0 Å². The first kappa shape index (κ1) is 12.4. The van der Waals surface area contributed by atoms with Crippen molar-refractivity contribution in [2.45, 2.75) is 12.8 Å². The monoisotopic (exact) mass is 281 g/mol. The molecule has 1 aliphatic heterocycles. The zero-order valence-electron chi connectivity index (χ0n) is 11.9. The molecule has 0 fully saturated rings. The first-order chi connectivity index (χ1) is 10.2. The first-order valence-electron chi connectivity index (χ1n) is 7.22. The summed E-state index contributed by atoms with van der Waals surface area (Å²) < 4.78 is 15.4. The Morgan fingerprint density at radius 1 is 1.24 bits per heavy atom. The van der Waals surface area contributed by atoms with Crippen molar-refractivity contribution >= 4 is 16.7 Å². The Bertz CT molecular complexity index is 835. The topological polar surface area (TPSA) is 29.9 Å². The molecule has 0 radical (unpaired) electrons. The minimum atomic E-state index is -0.246. The molecule has 4 rings (SSSR count). The van der Waals surface area contributed by atoms with E-state index in [1.807, 2.05) is 17.7 Å². The van der Waals surface area contributed by atoms with Crippen molar-refractivity contribution in [3.63, 3.8) is 0 Å². The van der Waals surface area contributed by atoms with E-state index in [-0.39, 0.29) is 5.82 Å². The van der Waals surface area contributed by atoms with E-state index in [0.717, 1.165) is 36.3 Å². The highest BCUT2D eigenvalue weighted by Gasteiger charge is 2.18. The highest BCUT2D eigenvalue weighted by molar-refractivity contribution is 5.82. The molecule has 3 aromatic rings. The summed E-state index contributed by atoms with van der Waals surface area (Å²) in [5, 5.41) is 3.44. The van der Waals surface area contributed by atoms with Crippen LogP contribution in [0.2, 0.25) is 0 Å². The second-order valence-corrected chi connectivity index (χ2v) is 5.49. The smallest absolute Gasteiger partial charge is 0.141 e. The van der Waals surface area contributed by atoms with Crippen LogP contribution >= 0.6 is 0 Å². The minimum absolute atomic E-state index is 0.246. The lowest BCUT2D eigenvalue weighted by atomic mass is 9.97. The first-order valence-corrected chi connectivity index (χ1v) is 7.22. The van der Waals surface area contributed by atoms with Gasteiger partial charge in [-0.3, -0.25) is 0 Å². The van der Waals surface area contributed by atoms with Gasteiger partial charge in [0.1, 0.15) is 11.6 Å². The Balaban J connectivity index is 1.97. The molecule has 0 aliphatic carbocycles. The number of imidazole rings is 1. The molecule has 0 amide bonds. The molecule has 106 valence electrons. The third-order valence-corrected chi connectivity index (χ3v) is 4.18. The molecule has 21 heavy (non-hydrogen) atoms. The van der Waals surface area contributed by atoms with Crippen LogP contribution in [0.5, 0.6) is 0 Å². The lowest BCUT2D eigenvalue weighted by Gasteiger charge is -2.20. The molecular weight excluding hydrogens is 265 g/mol. The number of aryl methyl sites for hydroxylation is 1. The van der Waals surface area contributed by atoms with Crippen LogP contribution in [0.15, 0.2) is 36.4 Å². The zero-order valence-corrected chi connectivity index (χ0v) is 11.9. The van der Waals surface area contributed by atoms with E-state index >= 15 is 0 Å². The van der Waals surface area contributed by atoms with Gasteiger partial charge >= 0.3 is 0 Å². The van der Waals surface area contributed by atoms with Crippen molar-refractivity contribution in [2.75, 3.05) is 11.9 Å². The molecule has 0 saturated carbocycles. The maximum atomic E-state index is 13.4. The predicted octanol–water partition coefficient (Wildman–Crippen LogP) is 3.74. The standard InChI is InChI=1S/C17H16FN3/c1-21-16-8-7-11(18)10-15(16)20-17(21)13-4-2-6-14-12(13)5-3-9-19-14/h2,4,6-8,10,19H,3,5,9H2,1H3. The Morgan fingerprint density at radius 3 is 3.05 bits per heavy atom. The average Bonchev–Trinajstić information content (AvgIpc) is 2.83. The van der Waals surface area contributed by atoms with E-state index in [4.69, 9.17) is 0 Å². The zero-order chi connectivity index (χ0) is 14.4. The number of anilines is 1. The average molecular weight is 281 g/mol. The van der Waals surface area contributed by atoms with Crippen LogP contribution in [-0.4, -0.2) is 16.1 Å². The quantitative estimate of drug-likeness (QED) is 0.736. The number of fused-ring (bicyclic) bond motifs is 2. The van der Waals surface area contributed by atoms with Gasteiger partial charge in [0.15, 0.2) is 0 Å². The molecule has 3 nitrogen and oxygen atoms in total. The van der Waals surface area contributed by atoms with Crippen LogP contribution in [-0.2, 0) is 13.5 Å². The molecule has 0 bridgehead atoms.